The third-order valence-electron chi connectivity index (χ3n) is 2.97. The van der Waals surface area contributed by atoms with E-state index in [0.717, 1.165) is 18.4 Å². The summed E-state index contributed by atoms with van der Waals surface area (Å²) in [6.07, 6.45) is 4.92. The first kappa shape index (κ1) is 13.3. The van der Waals surface area contributed by atoms with Gasteiger partial charge in [-0.05, 0) is 24.5 Å². The maximum Gasteiger partial charge on any atom is 0.407 e. The van der Waals surface area contributed by atoms with E-state index in [1.54, 1.807) is 6.08 Å². The lowest BCUT2D eigenvalue weighted by atomic mass is 10.1. The van der Waals surface area contributed by atoms with Crippen molar-refractivity contribution in [1.29, 1.82) is 0 Å². The molecule has 4 nitrogen and oxygen atoms in total. The van der Waals surface area contributed by atoms with Gasteiger partial charge in [0.1, 0.15) is 6.61 Å². The van der Waals surface area contributed by atoms with E-state index in [1.807, 2.05) is 30.3 Å². The van der Waals surface area contributed by atoms with Crippen molar-refractivity contribution < 1.29 is 14.3 Å². The molecule has 1 N–H and O–H groups in total. The van der Waals surface area contributed by atoms with Gasteiger partial charge in [-0.2, -0.15) is 0 Å². The van der Waals surface area contributed by atoms with Gasteiger partial charge in [0, 0.05) is 6.42 Å². The number of ether oxygens (including phenoxy) is 1. The van der Waals surface area contributed by atoms with Crippen LogP contribution >= 0.6 is 0 Å². The molecule has 0 aromatic heterocycles. The number of rotatable bonds is 3. The minimum Gasteiger partial charge on any atom is -0.445 e. The van der Waals surface area contributed by atoms with Gasteiger partial charge in [0.15, 0.2) is 5.78 Å². The molecule has 0 saturated heterocycles. The molecule has 1 unspecified atom stereocenters. The molecular formula is C15H17NO3. The van der Waals surface area contributed by atoms with E-state index in [9.17, 15) is 9.59 Å². The van der Waals surface area contributed by atoms with Crippen LogP contribution in [0, 0.1) is 0 Å². The van der Waals surface area contributed by atoms with Gasteiger partial charge in [0.25, 0.3) is 0 Å². The van der Waals surface area contributed by atoms with Gasteiger partial charge in [0.05, 0.1) is 6.04 Å². The second-order valence-electron chi connectivity index (χ2n) is 4.53. The largest absolute Gasteiger partial charge is 0.445 e. The normalized spacial score (nSPS) is 18.7. The average molecular weight is 259 g/mol. The van der Waals surface area contributed by atoms with Crippen molar-refractivity contribution in [3.8, 4) is 0 Å². The predicted octanol–water partition coefficient (Wildman–Crippen LogP) is 2.59. The number of hydrogen-bond donors (Lipinski definition) is 1. The molecular weight excluding hydrogens is 242 g/mol. The molecule has 0 bridgehead atoms. The summed E-state index contributed by atoms with van der Waals surface area (Å²) in [6.45, 7) is 0.252. The molecule has 2 rings (SSSR count). The Labute approximate surface area is 112 Å². The summed E-state index contributed by atoms with van der Waals surface area (Å²) >= 11 is 0. The number of allylic oxidation sites excluding steroid dienone is 1. The molecule has 0 spiro atoms. The lowest BCUT2D eigenvalue weighted by Crippen LogP contribution is -2.33. The van der Waals surface area contributed by atoms with Crippen LogP contribution in [0.25, 0.3) is 0 Å². The Bertz CT molecular complexity index is 468. The Morgan fingerprint density at radius 1 is 1.32 bits per heavy atom. The van der Waals surface area contributed by atoms with E-state index in [-0.39, 0.29) is 18.4 Å². The second kappa shape index (κ2) is 6.73. The fourth-order valence-electron chi connectivity index (χ4n) is 1.94. The van der Waals surface area contributed by atoms with Crippen molar-refractivity contribution in [2.45, 2.75) is 31.9 Å². The van der Waals surface area contributed by atoms with Crippen LogP contribution in [0.4, 0.5) is 4.79 Å². The molecule has 4 heteroatoms. The highest BCUT2D eigenvalue weighted by molar-refractivity contribution is 5.90. The van der Waals surface area contributed by atoms with Crippen LogP contribution in [0.5, 0.6) is 0 Å². The van der Waals surface area contributed by atoms with E-state index < -0.39 is 6.09 Å². The van der Waals surface area contributed by atoms with Crippen LogP contribution < -0.4 is 5.32 Å². The zero-order chi connectivity index (χ0) is 13.5. The Kier molecular flexibility index (Phi) is 4.72. The Morgan fingerprint density at radius 2 is 2.11 bits per heavy atom. The van der Waals surface area contributed by atoms with Gasteiger partial charge >= 0.3 is 6.09 Å². The molecule has 19 heavy (non-hydrogen) atoms. The molecule has 1 aromatic carbocycles. The van der Waals surface area contributed by atoms with Gasteiger partial charge in [-0.3, -0.25) is 4.79 Å². The smallest absolute Gasteiger partial charge is 0.407 e. The minimum absolute atomic E-state index is 0.113. The molecule has 0 heterocycles. The highest BCUT2D eigenvalue weighted by atomic mass is 16.5. The Balaban J connectivity index is 1.78. The summed E-state index contributed by atoms with van der Waals surface area (Å²) in [4.78, 5) is 22.8. The van der Waals surface area contributed by atoms with E-state index in [4.69, 9.17) is 4.74 Å². The van der Waals surface area contributed by atoms with E-state index >= 15 is 0 Å². The Morgan fingerprint density at radius 3 is 2.89 bits per heavy atom. The third kappa shape index (κ3) is 4.58. The maximum absolute atomic E-state index is 11.6. The number of ketones is 1. The maximum atomic E-state index is 11.6. The van der Waals surface area contributed by atoms with Crippen LogP contribution in [0.1, 0.15) is 24.8 Å². The van der Waals surface area contributed by atoms with Crippen LogP contribution in [-0.2, 0) is 16.1 Å². The van der Waals surface area contributed by atoms with Crippen LogP contribution in [0.3, 0.4) is 0 Å². The molecule has 1 atom stereocenters. The molecule has 0 aliphatic heterocycles. The molecule has 1 aliphatic rings. The number of alkyl carbamates (subject to hydrolysis) is 1. The standard InChI is InChI=1S/C15H17NO3/c17-14-8-4-7-13(9-10-14)16-15(18)19-11-12-5-2-1-3-6-12/h1-3,5-6,9-10,13H,4,7-8,11H2,(H,16,18). The van der Waals surface area contributed by atoms with Gasteiger partial charge in [-0.1, -0.05) is 36.4 Å². The van der Waals surface area contributed by atoms with Crippen LogP contribution in [0.15, 0.2) is 42.5 Å². The summed E-state index contributed by atoms with van der Waals surface area (Å²) in [5, 5.41) is 2.75. The lowest BCUT2D eigenvalue weighted by molar-refractivity contribution is -0.114. The fourth-order valence-corrected chi connectivity index (χ4v) is 1.94. The zero-order valence-electron chi connectivity index (χ0n) is 10.7. The van der Waals surface area contributed by atoms with Crippen molar-refractivity contribution >= 4 is 11.9 Å². The molecule has 1 aromatic rings. The monoisotopic (exact) mass is 259 g/mol. The molecule has 1 amide bonds. The first-order valence-corrected chi connectivity index (χ1v) is 6.42. The average Bonchev–Trinajstić information content (AvgIpc) is 2.63. The van der Waals surface area contributed by atoms with E-state index in [0.29, 0.717) is 6.42 Å². The summed E-state index contributed by atoms with van der Waals surface area (Å²) in [5.41, 5.74) is 0.948. The topological polar surface area (TPSA) is 55.4 Å². The van der Waals surface area contributed by atoms with Crippen molar-refractivity contribution in [3.63, 3.8) is 0 Å². The molecule has 0 radical (unpaired) electrons. The van der Waals surface area contributed by atoms with Gasteiger partial charge in [0.2, 0.25) is 0 Å². The predicted molar refractivity (Wildman–Crippen MR) is 71.5 cm³/mol. The first-order chi connectivity index (χ1) is 9.24. The van der Waals surface area contributed by atoms with Crippen LogP contribution in [0.2, 0.25) is 0 Å². The van der Waals surface area contributed by atoms with Crippen LogP contribution in [-0.4, -0.2) is 17.9 Å². The van der Waals surface area contributed by atoms with Gasteiger partial charge < -0.3 is 10.1 Å². The fraction of sp³-hybridized carbons (Fsp3) is 0.333. The first-order valence-electron chi connectivity index (χ1n) is 6.42. The minimum atomic E-state index is -0.451. The van der Waals surface area contributed by atoms with Crippen molar-refractivity contribution in [1.82, 2.24) is 5.32 Å². The molecule has 1 aliphatic carbocycles. The summed E-state index contributed by atoms with van der Waals surface area (Å²) in [5.74, 6) is 0.113. The third-order valence-corrected chi connectivity index (χ3v) is 2.97. The summed E-state index contributed by atoms with van der Waals surface area (Å²) in [6, 6.07) is 9.40. The highest BCUT2D eigenvalue weighted by Crippen LogP contribution is 2.09. The molecule has 0 saturated carbocycles. The SMILES string of the molecule is O=C1C=CC(NC(=O)OCc2ccccc2)CCC1. The second-order valence-corrected chi connectivity index (χ2v) is 4.53. The summed E-state index contributed by atoms with van der Waals surface area (Å²) < 4.78 is 5.13. The van der Waals surface area contributed by atoms with Crippen molar-refractivity contribution in [2.24, 2.45) is 0 Å². The van der Waals surface area contributed by atoms with E-state index in [2.05, 4.69) is 5.32 Å². The van der Waals surface area contributed by atoms with Gasteiger partial charge in [-0.15, -0.1) is 0 Å². The van der Waals surface area contributed by atoms with E-state index in [1.165, 1.54) is 6.08 Å². The lowest BCUT2D eigenvalue weighted by Gasteiger charge is -2.13. The van der Waals surface area contributed by atoms with Crippen molar-refractivity contribution in [3.05, 3.63) is 48.0 Å². The number of nitrogens with one attached hydrogen (secondary N) is 1. The van der Waals surface area contributed by atoms with Gasteiger partial charge in [-0.25, -0.2) is 4.79 Å². The zero-order valence-corrected chi connectivity index (χ0v) is 10.7. The summed E-state index contributed by atoms with van der Waals surface area (Å²) in [7, 11) is 0. The molecule has 100 valence electrons. The number of carbonyl (C=O) groups excluding carboxylic acids is 2. The highest BCUT2D eigenvalue weighted by Gasteiger charge is 2.14. The number of amides is 1. The number of benzene rings is 1. The number of carbonyl (C=O) groups is 2. The molecule has 0 fully saturated rings. The Hall–Kier alpha value is -2.10. The number of hydrogen-bond acceptors (Lipinski definition) is 3. The quantitative estimate of drug-likeness (QED) is 0.907. The van der Waals surface area contributed by atoms with Crippen molar-refractivity contribution in [2.75, 3.05) is 0 Å².